The summed E-state index contributed by atoms with van der Waals surface area (Å²) in [6, 6.07) is 7.60. The van der Waals surface area contributed by atoms with E-state index in [2.05, 4.69) is 15.9 Å². The molecule has 0 amide bonds. The summed E-state index contributed by atoms with van der Waals surface area (Å²) < 4.78 is 6.59. The SMILES string of the molecule is CC(C)(C)N(CCOc1cccc(Br)c1)CC(=O)O. The number of halogens is 1. The summed E-state index contributed by atoms with van der Waals surface area (Å²) in [5.74, 6) is -0.0454. The first-order chi connectivity index (χ1) is 8.79. The Hall–Kier alpha value is -1.07. The zero-order chi connectivity index (χ0) is 14.5. The third-order valence-corrected chi connectivity index (χ3v) is 3.19. The molecule has 0 saturated heterocycles. The van der Waals surface area contributed by atoms with Crippen molar-refractivity contribution in [2.24, 2.45) is 0 Å². The smallest absolute Gasteiger partial charge is 0.317 e. The second-order valence-corrected chi connectivity index (χ2v) is 6.21. The maximum Gasteiger partial charge on any atom is 0.317 e. The fourth-order valence-electron chi connectivity index (χ4n) is 1.65. The predicted molar refractivity (Wildman–Crippen MR) is 78.6 cm³/mol. The number of benzene rings is 1. The molecule has 1 rings (SSSR count). The molecule has 0 aliphatic heterocycles. The summed E-state index contributed by atoms with van der Waals surface area (Å²) in [5, 5.41) is 8.91. The van der Waals surface area contributed by atoms with E-state index in [0.29, 0.717) is 13.2 Å². The van der Waals surface area contributed by atoms with Gasteiger partial charge in [-0.2, -0.15) is 0 Å². The molecule has 1 aromatic rings. The molecule has 0 unspecified atom stereocenters. The van der Waals surface area contributed by atoms with Gasteiger partial charge in [0.1, 0.15) is 12.4 Å². The number of carboxylic acids is 1. The average Bonchev–Trinajstić information content (AvgIpc) is 2.26. The third-order valence-electron chi connectivity index (χ3n) is 2.70. The van der Waals surface area contributed by atoms with Crippen molar-refractivity contribution in [3.8, 4) is 5.75 Å². The van der Waals surface area contributed by atoms with E-state index in [1.54, 1.807) is 0 Å². The van der Waals surface area contributed by atoms with Gasteiger partial charge in [0.2, 0.25) is 0 Å². The minimum absolute atomic E-state index is 0.0192. The van der Waals surface area contributed by atoms with Crippen LogP contribution in [0, 0.1) is 0 Å². The van der Waals surface area contributed by atoms with Crippen molar-refractivity contribution in [3.63, 3.8) is 0 Å². The van der Waals surface area contributed by atoms with E-state index in [9.17, 15) is 4.79 Å². The van der Waals surface area contributed by atoms with Crippen molar-refractivity contribution in [2.75, 3.05) is 19.7 Å². The van der Waals surface area contributed by atoms with Crippen LogP contribution in [0.5, 0.6) is 5.75 Å². The Kier molecular flexibility index (Phi) is 5.82. The van der Waals surface area contributed by atoms with Crippen LogP contribution in [0.2, 0.25) is 0 Å². The van der Waals surface area contributed by atoms with Crippen LogP contribution in [0.3, 0.4) is 0 Å². The van der Waals surface area contributed by atoms with Crippen molar-refractivity contribution in [3.05, 3.63) is 28.7 Å². The first kappa shape index (κ1) is 16.0. The molecule has 0 atom stereocenters. The van der Waals surface area contributed by atoms with Crippen molar-refractivity contribution in [2.45, 2.75) is 26.3 Å². The summed E-state index contributed by atoms with van der Waals surface area (Å²) in [4.78, 5) is 12.7. The van der Waals surface area contributed by atoms with Crippen LogP contribution >= 0.6 is 15.9 Å². The first-order valence-corrected chi connectivity index (χ1v) is 6.93. The van der Waals surface area contributed by atoms with E-state index < -0.39 is 5.97 Å². The molecule has 0 saturated carbocycles. The van der Waals surface area contributed by atoms with Crippen LogP contribution in [0.4, 0.5) is 0 Å². The van der Waals surface area contributed by atoms with Gasteiger partial charge < -0.3 is 9.84 Å². The normalized spacial score (nSPS) is 11.6. The molecule has 106 valence electrons. The van der Waals surface area contributed by atoms with Gasteiger partial charge in [0, 0.05) is 16.6 Å². The van der Waals surface area contributed by atoms with Crippen molar-refractivity contribution in [1.29, 1.82) is 0 Å². The monoisotopic (exact) mass is 329 g/mol. The summed E-state index contributed by atoms with van der Waals surface area (Å²) in [6.45, 7) is 7.04. The minimum atomic E-state index is -0.822. The van der Waals surface area contributed by atoms with Crippen LogP contribution < -0.4 is 4.74 Å². The van der Waals surface area contributed by atoms with E-state index in [-0.39, 0.29) is 12.1 Å². The Labute approximate surface area is 122 Å². The van der Waals surface area contributed by atoms with Gasteiger partial charge in [-0.1, -0.05) is 22.0 Å². The largest absolute Gasteiger partial charge is 0.492 e. The minimum Gasteiger partial charge on any atom is -0.492 e. The van der Waals surface area contributed by atoms with Crippen LogP contribution in [-0.2, 0) is 4.79 Å². The highest BCUT2D eigenvalue weighted by Gasteiger charge is 2.23. The van der Waals surface area contributed by atoms with Crippen LogP contribution in [0.1, 0.15) is 20.8 Å². The number of nitrogens with zero attached hydrogens (tertiary/aromatic N) is 1. The van der Waals surface area contributed by atoms with E-state index in [1.165, 1.54) is 0 Å². The summed E-state index contributed by atoms with van der Waals surface area (Å²) in [7, 11) is 0. The van der Waals surface area contributed by atoms with Gasteiger partial charge in [0.05, 0.1) is 6.54 Å². The Morgan fingerprint density at radius 2 is 2.11 bits per heavy atom. The molecule has 5 heteroatoms. The number of carboxylic acid groups (broad SMARTS) is 1. The molecule has 0 bridgehead atoms. The van der Waals surface area contributed by atoms with Gasteiger partial charge in [-0.05, 0) is 39.0 Å². The van der Waals surface area contributed by atoms with Crippen LogP contribution in [0.15, 0.2) is 28.7 Å². The molecule has 1 aromatic carbocycles. The lowest BCUT2D eigenvalue weighted by Gasteiger charge is -2.34. The van der Waals surface area contributed by atoms with Crippen molar-refractivity contribution in [1.82, 2.24) is 4.90 Å². The number of rotatable bonds is 6. The van der Waals surface area contributed by atoms with Crippen molar-refractivity contribution >= 4 is 21.9 Å². The van der Waals surface area contributed by atoms with Gasteiger partial charge >= 0.3 is 5.97 Å². The summed E-state index contributed by atoms with van der Waals surface area (Å²) in [5.41, 5.74) is -0.195. The molecule has 0 fully saturated rings. The number of carbonyl (C=O) groups is 1. The molecular formula is C14H20BrNO3. The highest BCUT2D eigenvalue weighted by atomic mass is 79.9. The lowest BCUT2D eigenvalue weighted by molar-refractivity contribution is -0.139. The second kappa shape index (κ2) is 6.91. The molecule has 19 heavy (non-hydrogen) atoms. The zero-order valence-corrected chi connectivity index (χ0v) is 13.1. The fraction of sp³-hybridized carbons (Fsp3) is 0.500. The Morgan fingerprint density at radius 3 is 2.63 bits per heavy atom. The van der Waals surface area contributed by atoms with E-state index in [0.717, 1.165) is 10.2 Å². The highest BCUT2D eigenvalue weighted by molar-refractivity contribution is 9.10. The van der Waals surface area contributed by atoms with Crippen LogP contribution in [-0.4, -0.2) is 41.2 Å². The first-order valence-electron chi connectivity index (χ1n) is 6.14. The lowest BCUT2D eigenvalue weighted by atomic mass is 10.1. The Balaban J connectivity index is 2.50. The Bertz CT molecular complexity index is 429. The average molecular weight is 330 g/mol. The molecule has 0 aromatic heterocycles. The highest BCUT2D eigenvalue weighted by Crippen LogP contribution is 2.18. The number of ether oxygens (including phenoxy) is 1. The summed E-state index contributed by atoms with van der Waals surface area (Å²) >= 11 is 3.38. The standard InChI is InChI=1S/C14H20BrNO3/c1-14(2,3)16(10-13(17)18)7-8-19-12-6-4-5-11(15)9-12/h4-6,9H,7-8,10H2,1-3H3,(H,17,18). The number of hydrogen-bond acceptors (Lipinski definition) is 3. The third kappa shape index (κ3) is 6.07. The number of hydrogen-bond donors (Lipinski definition) is 1. The molecule has 1 N–H and O–H groups in total. The number of aliphatic carboxylic acids is 1. The van der Waals surface area contributed by atoms with Gasteiger partial charge in [-0.15, -0.1) is 0 Å². The summed E-state index contributed by atoms with van der Waals surface area (Å²) in [6.07, 6.45) is 0. The predicted octanol–water partition coefficient (Wildman–Crippen LogP) is 3.01. The molecule has 0 aliphatic carbocycles. The van der Waals surface area contributed by atoms with Gasteiger partial charge in [0.25, 0.3) is 0 Å². The molecule has 4 nitrogen and oxygen atoms in total. The van der Waals surface area contributed by atoms with E-state index in [1.807, 2.05) is 49.9 Å². The second-order valence-electron chi connectivity index (χ2n) is 5.29. The van der Waals surface area contributed by atoms with Crippen LogP contribution in [0.25, 0.3) is 0 Å². The van der Waals surface area contributed by atoms with Gasteiger partial charge in [0.15, 0.2) is 0 Å². The quantitative estimate of drug-likeness (QED) is 0.871. The molecule has 0 aliphatic rings. The van der Waals surface area contributed by atoms with Crippen molar-refractivity contribution < 1.29 is 14.6 Å². The zero-order valence-electron chi connectivity index (χ0n) is 11.5. The topological polar surface area (TPSA) is 49.8 Å². The lowest BCUT2D eigenvalue weighted by Crippen LogP contribution is -2.46. The van der Waals surface area contributed by atoms with E-state index in [4.69, 9.17) is 9.84 Å². The Morgan fingerprint density at radius 1 is 1.42 bits per heavy atom. The maximum absolute atomic E-state index is 10.8. The molecular weight excluding hydrogens is 310 g/mol. The fourth-order valence-corrected chi connectivity index (χ4v) is 2.02. The van der Waals surface area contributed by atoms with Gasteiger partial charge in [-0.25, -0.2) is 0 Å². The maximum atomic E-state index is 10.8. The molecule has 0 spiro atoms. The molecule has 0 heterocycles. The van der Waals surface area contributed by atoms with E-state index >= 15 is 0 Å². The van der Waals surface area contributed by atoms with Gasteiger partial charge in [-0.3, -0.25) is 9.69 Å². The molecule has 0 radical (unpaired) electrons.